The van der Waals surface area contributed by atoms with E-state index in [2.05, 4.69) is 37.3 Å². The third kappa shape index (κ3) is 10.3. The SMILES string of the molecule is C/C=C(OCc1ccccc1)\C(=C/CC)OCc1ccccc1.CC.CC. The molecule has 0 aromatic heterocycles. The summed E-state index contributed by atoms with van der Waals surface area (Å²) in [5, 5.41) is 0. The number of allylic oxidation sites excluding steroid dienone is 2. The topological polar surface area (TPSA) is 18.5 Å². The van der Waals surface area contributed by atoms with E-state index >= 15 is 0 Å². The van der Waals surface area contributed by atoms with Crippen LogP contribution in [0, 0.1) is 0 Å². The predicted molar refractivity (Wildman–Crippen MR) is 117 cm³/mol. The molecule has 2 aromatic carbocycles. The zero-order chi connectivity index (χ0) is 20.3. The van der Waals surface area contributed by atoms with Crippen LogP contribution in [0.25, 0.3) is 0 Å². The van der Waals surface area contributed by atoms with Crippen LogP contribution in [0.2, 0.25) is 0 Å². The first-order valence-corrected chi connectivity index (χ1v) is 10.0. The third-order valence-electron chi connectivity index (χ3n) is 3.37. The maximum atomic E-state index is 5.98. The van der Waals surface area contributed by atoms with Gasteiger partial charge in [-0.05, 0) is 36.6 Å². The van der Waals surface area contributed by atoms with Gasteiger partial charge in [-0.1, -0.05) is 95.3 Å². The normalized spacial score (nSPS) is 10.7. The summed E-state index contributed by atoms with van der Waals surface area (Å²) < 4.78 is 11.9. The molecule has 0 spiro atoms. The van der Waals surface area contributed by atoms with E-state index in [4.69, 9.17) is 9.47 Å². The first-order chi connectivity index (χ1) is 13.3. The van der Waals surface area contributed by atoms with Gasteiger partial charge in [0.15, 0.2) is 11.5 Å². The van der Waals surface area contributed by atoms with E-state index in [0.29, 0.717) is 13.2 Å². The summed E-state index contributed by atoms with van der Waals surface area (Å²) in [4.78, 5) is 0. The maximum Gasteiger partial charge on any atom is 0.157 e. The minimum absolute atomic E-state index is 0.538. The molecule has 0 N–H and O–H groups in total. The van der Waals surface area contributed by atoms with Gasteiger partial charge in [-0.2, -0.15) is 0 Å². The molecule has 0 saturated heterocycles. The Labute approximate surface area is 166 Å². The Balaban J connectivity index is 0.00000158. The first kappa shape index (κ1) is 24.5. The molecule has 0 heterocycles. The highest BCUT2D eigenvalue weighted by atomic mass is 16.5. The first-order valence-electron chi connectivity index (χ1n) is 10.0. The van der Waals surface area contributed by atoms with Gasteiger partial charge in [0.05, 0.1) is 0 Å². The van der Waals surface area contributed by atoms with Crippen molar-refractivity contribution in [1.82, 2.24) is 0 Å². The summed E-state index contributed by atoms with van der Waals surface area (Å²) >= 11 is 0. The Morgan fingerprint density at radius 1 is 0.704 bits per heavy atom. The Kier molecular flexibility index (Phi) is 15.4. The second-order valence-corrected chi connectivity index (χ2v) is 5.18. The maximum absolute atomic E-state index is 5.98. The molecule has 2 nitrogen and oxygen atoms in total. The lowest BCUT2D eigenvalue weighted by atomic mass is 10.2. The van der Waals surface area contributed by atoms with Crippen LogP contribution in [0.15, 0.2) is 84.3 Å². The van der Waals surface area contributed by atoms with Crippen molar-refractivity contribution in [3.8, 4) is 0 Å². The van der Waals surface area contributed by atoms with Gasteiger partial charge in [0.2, 0.25) is 0 Å². The molecule has 0 saturated carbocycles. The van der Waals surface area contributed by atoms with E-state index in [1.54, 1.807) is 0 Å². The molecule has 0 amide bonds. The van der Waals surface area contributed by atoms with Crippen molar-refractivity contribution in [1.29, 1.82) is 0 Å². The monoisotopic (exact) mass is 368 g/mol. The summed E-state index contributed by atoms with van der Waals surface area (Å²) in [6.07, 6.45) is 4.91. The van der Waals surface area contributed by atoms with Crippen molar-refractivity contribution in [3.63, 3.8) is 0 Å². The van der Waals surface area contributed by atoms with Crippen LogP contribution < -0.4 is 0 Å². The number of rotatable bonds is 8. The quantitative estimate of drug-likeness (QED) is 0.351. The summed E-state index contributed by atoms with van der Waals surface area (Å²) in [6, 6.07) is 20.3. The Morgan fingerprint density at radius 3 is 1.48 bits per heavy atom. The van der Waals surface area contributed by atoms with E-state index in [-0.39, 0.29) is 0 Å². The highest BCUT2D eigenvalue weighted by molar-refractivity contribution is 5.22. The summed E-state index contributed by atoms with van der Waals surface area (Å²) in [6.45, 7) is 13.1. The van der Waals surface area contributed by atoms with Crippen LogP contribution in [0.4, 0.5) is 0 Å². The average molecular weight is 369 g/mol. The lowest BCUT2D eigenvalue weighted by Gasteiger charge is -2.15. The molecule has 0 fully saturated rings. The molecule has 0 bridgehead atoms. The second kappa shape index (κ2) is 17.0. The second-order valence-electron chi connectivity index (χ2n) is 5.18. The van der Waals surface area contributed by atoms with Crippen LogP contribution in [-0.2, 0) is 22.7 Å². The molecule has 0 unspecified atom stereocenters. The Bertz CT molecular complexity index is 628. The van der Waals surface area contributed by atoms with Crippen molar-refractivity contribution in [2.24, 2.45) is 0 Å². The molecule has 2 aromatic rings. The summed E-state index contributed by atoms with van der Waals surface area (Å²) in [7, 11) is 0. The molecule has 148 valence electrons. The fourth-order valence-electron chi connectivity index (χ4n) is 2.18. The number of ether oxygens (including phenoxy) is 2. The standard InChI is InChI=1S/C21H24O2.2C2H6/c1-3-11-21(23-17-19-14-9-6-10-15-19)20(4-2)22-16-18-12-7-5-8-13-18;2*1-2/h4-15H,3,16-17H2,1-2H3;2*1-2H3/b20-4+,21-11+;;. The van der Waals surface area contributed by atoms with Crippen molar-refractivity contribution >= 4 is 0 Å². The van der Waals surface area contributed by atoms with Crippen molar-refractivity contribution in [2.75, 3.05) is 0 Å². The summed E-state index contributed by atoms with van der Waals surface area (Å²) in [5.41, 5.74) is 2.29. The fourth-order valence-corrected chi connectivity index (χ4v) is 2.18. The molecule has 0 atom stereocenters. The molecule has 0 aliphatic heterocycles. The van der Waals surface area contributed by atoms with Crippen LogP contribution in [-0.4, -0.2) is 0 Å². The van der Waals surface area contributed by atoms with Gasteiger partial charge in [-0.25, -0.2) is 0 Å². The molecule has 0 radical (unpaired) electrons. The van der Waals surface area contributed by atoms with Gasteiger partial charge in [-0.3, -0.25) is 0 Å². The smallest absolute Gasteiger partial charge is 0.157 e. The molecular formula is C25H36O2. The van der Waals surface area contributed by atoms with E-state index in [1.165, 1.54) is 0 Å². The van der Waals surface area contributed by atoms with Gasteiger partial charge in [-0.15, -0.1) is 0 Å². The van der Waals surface area contributed by atoms with Crippen molar-refractivity contribution in [2.45, 2.75) is 61.2 Å². The van der Waals surface area contributed by atoms with Crippen LogP contribution in [0.1, 0.15) is 59.1 Å². The lowest BCUT2D eigenvalue weighted by molar-refractivity contribution is 0.135. The van der Waals surface area contributed by atoms with Gasteiger partial charge < -0.3 is 9.47 Å². The van der Waals surface area contributed by atoms with Crippen molar-refractivity contribution in [3.05, 3.63) is 95.5 Å². The number of hydrogen-bond donors (Lipinski definition) is 0. The van der Waals surface area contributed by atoms with Crippen LogP contribution in [0.5, 0.6) is 0 Å². The fraction of sp³-hybridized carbons (Fsp3) is 0.360. The Hall–Kier alpha value is -2.48. The highest BCUT2D eigenvalue weighted by Gasteiger charge is 2.08. The molecule has 0 aliphatic carbocycles. The van der Waals surface area contributed by atoms with E-state index in [0.717, 1.165) is 29.1 Å². The summed E-state index contributed by atoms with van der Waals surface area (Å²) in [5.74, 6) is 1.58. The molecule has 27 heavy (non-hydrogen) atoms. The predicted octanol–water partition coefficient (Wildman–Crippen LogP) is 7.67. The van der Waals surface area contributed by atoms with Gasteiger partial charge in [0, 0.05) is 0 Å². The van der Waals surface area contributed by atoms with E-state index in [9.17, 15) is 0 Å². The number of hydrogen-bond acceptors (Lipinski definition) is 2. The van der Waals surface area contributed by atoms with E-state index in [1.807, 2.05) is 77.1 Å². The molecule has 2 heteroatoms. The number of benzene rings is 2. The minimum atomic E-state index is 0.538. The zero-order valence-corrected chi connectivity index (χ0v) is 17.9. The highest BCUT2D eigenvalue weighted by Crippen LogP contribution is 2.18. The molecule has 2 rings (SSSR count). The van der Waals surface area contributed by atoms with Crippen molar-refractivity contribution < 1.29 is 9.47 Å². The molecular weight excluding hydrogens is 332 g/mol. The largest absolute Gasteiger partial charge is 0.485 e. The Morgan fingerprint density at radius 2 is 1.11 bits per heavy atom. The van der Waals surface area contributed by atoms with Crippen LogP contribution in [0.3, 0.4) is 0 Å². The van der Waals surface area contributed by atoms with Gasteiger partial charge >= 0.3 is 0 Å². The van der Waals surface area contributed by atoms with Gasteiger partial charge in [0.1, 0.15) is 13.2 Å². The third-order valence-corrected chi connectivity index (χ3v) is 3.37. The zero-order valence-electron chi connectivity index (χ0n) is 17.9. The van der Waals surface area contributed by atoms with Crippen LogP contribution >= 0.6 is 0 Å². The lowest BCUT2D eigenvalue weighted by Crippen LogP contribution is -2.02. The van der Waals surface area contributed by atoms with Gasteiger partial charge in [0.25, 0.3) is 0 Å². The molecule has 0 aliphatic rings. The minimum Gasteiger partial charge on any atom is -0.485 e. The average Bonchev–Trinajstić information content (AvgIpc) is 2.76. The van der Waals surface area contributed by atoms with E-state index < -0.39 is 0 Å².